The lowest BCUT2D eigenvalue weighted by atomic mass is 10.2. The first kappa shape index (κ1) is 9.98. The molecule has 0 amide bonds. The van der Waals surface area contributed by atoms with Crippen LogP contribution in [0.2, 0.25) is 0 Å². The van der Waals surface area contributed by atoms with Gasteiger partial charge in [0.15, 0.2) is 5.69 Å². The van der Waals surface area contributed by atoms with E-state index < -0.39 is 4.92 Å². The highest BCUT2D eigenvalue weighted by molar-refractivity contribution is 5.55. The van der Waals surface area contributed by atoms with E-state index >= 15 is 0 Å². The molecular weight excluding hydrogens is 186 g/mol. The fourth-order valence-electron chi connectivity index (χ4n) is 0.978. The second-order valence-corrected chi connectivity index (χ2v) is 2.80. The molecule has 2 N–H and O–H groups in total. The Labute approximate surface area is 79.9 Å². The predicted octanol–water partition coefficient (Wildman–Crippen LogP) is 1.03. The normalized spacial score (nSPS) is 11.7. The van der Waals surface area contributed by atoms with Gasteiger partial charge in [-0.3, -0.25) is 0 Å². The smallest absolute Gasteiger partial charge is 0.366 e. The topological polar surface area (TPSA) is 108 Å². The molecule has 0 saturated carbocycles. The Morgan fingerprint density at radius 2 is 2.64 bits per heavy atom. The zero-order valence-corrected chi connectivity index (χ0v) is 7.52. The van der Waals surface area contributed by atoms with Crippen molar-refractivity contribution < 1.29 is 4.92 Å². The molecule has 0 saturated heterocycles. The molecule has 7 nitrogen and oxygen atoms in total. The van der Waals surface area contributed by atoms with E-state index in [0.717, 1.165) is 0 Å². The molecule has 0 aromatic carbocycles. The van der Waals surface area contributed by atoms with Gasteiger partial charge < -0.3 is 15.4 Å². The van der Waals surface area contributed by atoms with E-state index in [1.165, 1.54) is 6.20 Å². The van der Waals surface area contributed by atoms with Crippen LogP contribution in [0.4, 0.5) is 11.5 Å². The maximum absolute atomic E-state index is 10.5. The van der Waals surface area contributed by atoms with Crippen molar-refractivity contribution in [1.29, 1.82) is 5.26 Å². The van der Waals surface area contributed by atoms with Gasteiger partial charge in [0.2, 0.25) is 0 Å². The van der Waals surface area contributed by atoms with Crippen molar-refractivity contribution in [2.24, 2.45) is 0 Å². The molecule has 1 aromatic heterocycles. The molecule has 0 aliphatic carbocycles. The number of anilines is 1. The molecule has 1 heterocycles. The molecule has 74 valence electrons. The quantitative estimate of drug-likeness (QED) is 0.551. The molecule has 0 fully saturated rings. The zero-order valence-electron chi connectivity index (χ0n) is 7.52. The van der Waals surface area contributed by atoms with Crippen molar-refractivity contribution in [2.75, 3.05) is 5.32 Å². The van der Waals surface area contributed by atoms with Crippen LogP contribution in [0.5, 0.6) is 0 Å². The Kier molecular flexibility index (Phi) is 3.01. The number of H-pyrrole nitrogens is 1. The minimum atomic E-state index is -0.561. The molecule has 1 aromatic rings. The third-order valence-corrected chi connectivity index (χ3v) is 1.60. The summed E-state index contributed by atoms with van der Waals surface area (Å²) in [5.74, 6) is -0.185. The first-order chi connectivity index (χ1) is 6.65. The lowest BCUT2D eigenvalue weighted by molar-refractivity contribution is -0.388. The van der Waals surface area contributed by atoms with Crippen LogP contribution in [0.15, 0.2) is 6.20 Å². The lowest BCUT2D eigenvalue weighted by Crippen LogP contribution is -2.14. The van der Waals surface area contributed by atoms with Gasteiger partial charge in [0.1, 0.15) is 6.20 Å². The highest BCUT2D eigenvalue weighted by Gasteiger charge is 2.15. The molecule has 0 aliphatic heterocycles. The first-order valence-electron chi connectivity index (χ1n) is 3.96. The van der Waals surface area contributed by atoms with Crippen molar-refractivity contribution in [3.05, 3.63) is 16.3 Å². The van der Waals surface area contributed by atoms with Gasteiger partial charge in [-0.1, -0.05) is 5.10 Å². The minimum Gasteiger partial charge on any atom is -0.373 e. The summed E-state index contributed by atoms with van der Waals surface area (Å²) in [4.78, 5) is 9.89. The summed E-state index contributed by atoms with van der Waals surface area (Å²) in [5, 5.41) is 27.5. The fourth-order valence-corrected chi connectivity index (χ4v) is 0.978. The molecule has 0 aliphatic rings. The fraction of sp³-hybridized carbons (Fsp3) is 0.429. The molecular formula is C7H9N5O2. The van der Waals surface area contributed by atoms with E-state index in [2.05, 4.69) is 15.5 Å². The number of nitrogens with zero attached hydrogens (tertiary/aromatic N) is 3. The molecule has 0 bridgehead atoms. The number of aromatic amines is 1. The van der Waals surface area contributed by atoms with Gasteiger partial charge in [-0.15, -0.1) is 5.10 Å². The number of rotatable bonds is 4. The minimum absolute atomic E-state index is 0.142. The van der Waals surface area contributed by atoms with Crippen molar-refractivity contribution in [1.82, 2.24) is 10.2 Å². The molecule has 0 radical (unpaired) electrons. The molecule has 7 heteroatoms. The summed E-state index contributed by atoms with van der Waals surface area (Å²) < 4.78 is 0. The van der Waals surface area contributed by atoms with E-state index in [4.69, 9.17) is 5.26 Å². The van der Waals surface area contributed by atoms with Crippen LogP contribution in [0.1, 0.15) is 13.3 Å². The van der Waals surface area contributed by atoms with Crippen LogP contribution in [-0.2, 0) is 0 Å². The van der Waals surface area contributed by atoms with Crippen LogP contribution in [0, 0.1) is 21.4 Å². The van der Waals surface area contributed by atoms with Crippen molar-refractivity contribution >= 4 is 11.5 Å². The number of aromatic nitrogens is 2. The molecule has 1 atom stereocenters. The molecule has 14 heavy (non-hydrogen) atoms. The Balaban J connectivity index is 2.72. The Hall–Kier alpha value is -2.10. The van der Waals surface area contributed by atoms with Crippen molar-refractivity contribution in [3.63, 3.8) is 0 Å². The number of hydrogen-bond acceptors (Lipinski definition) is 5. The summed E-state index contributed by atoms with van der Waals surface area (Å²) in [6.07, 6.45) is 1.61. The maximum atomic E-state index is 10.5. The third kappa shape index (κ3) is 2.20. The van der Waals surface area contributed by atoms with E-state index in [9.17, 15) is 10.1 Å². The Morgan fingerprint density at radius 3 is 3.21 bits per heavy atom. The number of nitrogens with one attached hydrogen (secondary N) is 2. The van der Waals surface area contributed by atoms with Crippen molar-refractivity contribution in [2.45, 2.75) is 19.4 Å². The third-order valence-electron chi connectivity index (χ3n) is 1.60. The van der Waals surface area contributed by atoms with E-state index in [1.54, 1.807) is 6.92 Å². The summed E-state index contributed by atoms with van der Waals surface area (Å²) in [5.41, 5.74) is 0.303. The van der Waals surface area contributed by atoms with E-state index in [-0.39, 0.29) is 18.3 Å². The predicted molar refractivity (Wildman–Crippen MR) is 48.6 cm³/mol. The van der Waals surface area contributed by atoms with E-state index in [0.29, 0.717) is 5.69 Å². The van der Waals surface area contributed by atoms with Gasteiger partial charge in [-0.2, -0.15) is 5.26 Å². The van der Waals surface area contributed by atoms with Crippen LogP contribution < -0.4 is 5.32 Å². The Bertz CT molecular complexity index is 366. The summed E-state index contributed by atoms with van der Waals surface area (Å²) >= 11 is 0. The molecule has 0 spiro atoms. The lowest BCUT2D eigenvalue weighted by Gasteiger charge is -2.08. The molecule has 1 unspecified atom stereocenters. The molecule has 1 rings (SSSR count). The monoisotopic (exact) mass is 195 g/mol. The second kappa shape index (κ2) is 4.23. The zero-order chi connectivity index (χ0) is 10.6. The van der Waals surface area contributed by atoms with Gasteiger partial charge in [0, 0.05) is 6.04 Å². The van der Waals surface area contributed by atoms with Gasteiger partial charge in [-0.05, 0) is 11.8 Å². The maximum Gasteiger partial charge on any atom is 0.366 e. The van der Waals surface area contributed by atoms with Crippen LogP contribution in [-0.4, -0.2) is 21.2 Å². The van der Waals surface area contributed by atoms with Crippen molar-refractivity contribution in [3.8, 4) is 6.07 Å². The highest BCUT2D eigenvalue weighted by Crippen LogP contribution is 2.20. The van der Waals surface area contributed by atoms with Crippen LogP contribution >= 0.6 is 0 Å². The van der Waals surface area contributed by atoms with Crippen LogP contribution in [0.3, 0.4) is 0 Å². The SMILES string of the molecule is CC(CC#N)Nc1cn[nH]c1[N+](=O)[O-]. The van der Waals surface area contributed by atoms with Gasteiger partial charge in [0.25, 0.3) is 0 Å². The van der Waals surface area contributed by atoms with Gasteiger partial charge in [-0.25, -0.2) is 0 Å². The van der Waals surface area contributed by atoms with Gasteiger partial charge >= 0.3 is 5.82 Å². The average molecular weight is 195 g/mol. The number of nitro groups is 1. The van der Waals surface area contributed by atoms with E-state index in [1.807, 2.05) is 6.07 Å². The number of nitriles is 1. The summed E-state index contributed by atoms with van der Waals surface area (Å²) in [6, 6.07) is 1.82. The average Bonchev–Trinajstić information content (AvgIpc) is 2.52. The summed E-state index contributed by atoms with van der Waals surface area (Å²) in [6.45, 7) is 1.76. The first-order valence-corrected chi connectivity index (χ1v) is 3.96. The van der Waals surface area contributed by atoms with Gasteiger partial charge in [0.05, 0.1) is 12.5 Å². The Morgan fingerprint density at radius 1 is 1.93 bits per heavy atom. The summed E-state index contributed by atoms with van der Waals surface area (Å²) in [7, 11) is 0. The highest BCUT2D eigenvalue weighted by atomic mass is 16.6. The number of hydrogen-bond donors (Lipinski definition) is 2. The largest absolute Gasteiger partial charge is 0.373 e. The second-order valence-electron chi connectivity index (χ2n) is 2.80. The van der Waals surface area contributed by atoms with Crippen LogP contribution in [0.25, 0.3) is 0 Å². The standard InChI is InChI=1S/C7H9N5O2/c1-5(2-3-8)10-6-4-9-11-7(6)12(13)14/h4-5,10H,2H2,1H3,(H,9,11).